The van der Waals surface area contributed by atoms with Crippen molar-refractivity contribution in [2.45, 2.75) is 125 Å². The highest BCUT2D eigenvalue weighted by Crippen LogP contribution is 2.68. The van der Waals surface area contributed by atoms with Crippen LogP contribution in [-0.4, -0.2) is 11.2 Å². The highest BCUT2D eigenvalue weighted by Gasteiger charge is 2.60. The summed E-state index contributed by atoms with van der Waals surface area (Å²) in [7, 11) is 0. The number of aliphatic hydroxyl groups excluding tert-OH is 1. The van der Waals surface area contributed by atoms with Crippen molar-refractivity contribution >= 4 is 0 Å². The summed E-state index contributed by atoms with van der Waals surface area (Å²) in [5.41, 5.74) is 2.80. The lowest BCUT2D eigenvalue weighted by Crippen LogP contribution is -2.54. The molecule has 1 nitrogen and oxygen atoms in total. The quantitative estimate of drug-likeness (QED) is 0.421. The Hall–Kier alpha value is -0.300. The summed E-state index contributed by atoms with van der Waals surface area (Å²) in [4.78, 5) is 0. The van der Waals surface area contributed by atoms with E-state index in [1.807, 2.05) is 0 Å². The minimum atomic E-state index is -0.0160. The molecular formula is C30H52O. The monoisotopic (exact) mass is 428 g/mol. The molecule has 0 radical (unpaired) electrons. The molecule has 4 rings (SSSR count). The molecule has 0 amide bonds. The molecule has 0 saturated heterocycles. The molecule has 0 aliphatic heterocycles. The highest BCUT2D eigenvalue weighted by molar-refractivity contribution is 5.10. The van der Waals surface area contributed by atoms with Gasteiger partial charge in [-0.15, -0.1) is 0 Å². The van der Waals surface area contributed by atoms with Crippen molar-refractivity contribution in [2.75, 3.05) is 0 Å². The van der Waals surface area contributed by atoms with Crippen LogP contribution in [0.4, 0.5) is 0 Å². The van der Waals surface area contributed by atoms with Gasteiger partial charge in [0.15, 0.2) is 0 Å². The zero-order chi connectivity index (χ0) is 22.4. The maximum atomic E-state index is 10.3. The van der Waals surface area contributed by atoms with E-state index in [9.17, 15) is 5.11 Å². The van der Waals surface area contributed by atoms with Gasteiger partial charge in [0.25, 0.3) is 0 Å². The van der Waals surface area contributed by atoms with E-state index in [2.05, 4.69) is 47.6 Å². The van der Waals surface area contributed by atoms with Gasteiger partial charge in [-0.05, 0) is 129 Å². The van der Waals surface area contributed by atoms with Crippen LogP contribution in [-0.2, 0) is 0 Å². The first-order valence-electron chi connectivity index (χ1n) is 14.1. The van der Waals surface area contributed by atoms with Crippen LogP contribution in [0.5, 0.6) is 0 Å². The van der Waals surface area contributed by atoms with Crippen molar-refractivity contribution in [1.29, 1.82) is 0 Å². The molecule has 4 aliphatic carbocycles. The third-order valence-electron chi connectivity index (χ3n) is 11.5. The van der Waals surface area contributed by atoms with Crippen molar-refractivity contribution in [3.63, 3.8) is 0 Å². The van der Waals surface area contributed by atoms with Gasteiger partial charge in [0.1, 0.15) is 0 Å². The summed E-state index contributed by atoms with van der Waals surface area (Å²) in [6.45, 7) is 15.0. The Labute approximate surface area is 193 Å². The van der Waals surface area contributed by atoms with Gasteiger partial charge in [0.2, 0.25) is 0 Å². The van der Waals surface area contributed by atoms with E-state index in [1.165, 1.54) is 64.2 Å². The third kappa shape index (κ3) is 4.20. The number of aliphatic hydroxyl groups is 1. The SMILES string of the molecule is CCC=C(CCC(C)C1CCC2C3CCC4CC(O)CCC4(C)C3CCC12C)C(C)C. The molecule has 0 aromatic heterocycles. The van der Waals surface area contributed by atoms with Crippen LogP contribution < -0.4 is 0 Å². The smallest absolute Gasteiger partial charge is 0.0543 e. The second-order valence-electron chi connectivity index (χ2n) is 13.2. The summed E-state index contributed by atoms with van der Waals surface area (Å²) >= 11 is 0. The largest absolute Gasteiger partial charge is 0.393 e. The van der Waals surface area contributed by atoms with Gasteiger partial charge in [0, 0.05) is 0 Å². The minimum Gasteiger partial charge on any atom is -0.393 e. The van der Waals surface area contributed by atoms with Gasteiger partial charge in [0.05, 0.1) is 6.10 Å². The number of rotatable bonds is 6. The Morgan fingerprint density at radius 2 is 1.65 bits per heavy atom. The molecule has 178 valence electrons. The van der Waals surface area contributed by atoms with Gasteiger partial charge in [-0.3, -0.25) is 0 Å². The number of fused-ring (bicyclic) bond motifs is 5. The summed E-state index contributed by atoms with van der Waals surface area (Å²) in [6.07, 6.45) is 18.6. The Balaban J connectivity index is 1.45. The fourth-order valence-corrected chi connectivity index (χ4v) is 9.69. The summed E-state index contributed by atoms with van der Waals surface area (Å²) in [5, 5.41) is 10.3. The second-order valence-corrected chi connectivity index (χ2v) is 13.2. The maximum Gasteiger partial charge on any atom is 0.0543 e. The lowest BCUT2D eigenvalue weighted by molar-refractivity contribution is -0.129. The molecule has 0 bridgehead atoms. The average molecular weight is 429 g/mol. The van der Waals surface area contributed by atoms with Crippen molar-refractivity contribution < 1.29 is 5.11 Å². The van der Waals surface area contributed by atoms with E-state index < -0.39 is 0 Å². The van der Waals surface area contributed by atoms with E-state index in [0.29, 0.717) is 16.7 Å². The molecule has 4 fully saturated rings. The molecule has 0 aromatic carbocycles. The summed E-state index contributed by atoms with van der Waals surface area (Å²) in [5.74, 6) is 6.18. The van der Waals surface area contributed by atoms with E-state index in [0.717, 1.165) is 48.3 Å². The van der Waals surface area contributed by atoms with Crippen molar-refractivity contribution in [3.05, 3.63) is 11.6 Å². The van der Waals surface area contributed by atoms with E-state index >= 15 is 0 Å². The van der Waals surface area contributed by atoms with E-state index in [1.54, 1.807) is 5.57 Å². The van der Waals surface area contributed by atoms with Crippen LogP contribution in [0.2, 0.25) is 0 Å². The van der Waals surface area contributed by atoms with Crippen LogP contribution >= 0.6 is 0 Å². The Morgan fingerprint density at radius 1 is 0.935 bits per heavy atom. The third-order valence-corrected chi connectivity index (χ3v) is 11.5. The van der Waals surface area contributed by atoms with Crippen molar-refractivity contribution in [1.82, 2.24) is 0 Å². The molecule has 9 atom stereocenters. The molecule has 0 aromatic rings. The van der Waals surface area contributed by atoms with Crippen LogP contribution in [0.25, 0.3) is 0 Å². The number of allylic oxidation sites excluding steroid dienone is 2. The maximum absolute atomic E-state index is 10.3. The Morgan fingerprint density at radius 3 is 2.35 bits per heavy atom. The molecule has 1 N–H and O–H groups in total. The summed E-state index contributed by atoms with van der Waals surface area (Å²) in [6, 6.07) is 0. The van der Waals surface area contributed by atoms with Crippen molar-refractivity contribution in [3.8, 4) is 0 Å². The van der Waals surface area contributed by atoms with Gasteiger partial charge in [-0.2, -0.15) is 0 Å². The molecule has 31 heavy (non-hydrogen) atoms. The standard InChI is InChI=1S/C30H52O/c1-7-8-22(20(2)3)10-9-21(4)26-13-14-27-25-12-11-23-19-24(31)15-17-29(23,5)28(25)16-18-30(26,27)6/h8,20-21,23-28,31H,7,9-19H2,1-6H3. The highest BCUT2D eigenvalue weighted by atomic mass is 16.3. The van der Waals surface area contributed by atoms with Crippen LogP contribution in [0, 0.1) is 52.3 Å². The molecule has 9 unspecified atom stereocenters. The minimum absolute atomic E-state index is 0.0160. The molecule has 1 heteroatoms. The predicted octanol–water partition coefficient (Wildman–Crippen LogP) is 8.41. The zero-order valence-electron chi connectivity index (χ0n) is 21.6. The molecule has 0 spiro atoms. The van der Waals surface area contributed by atoms with Crippen molar-refractivity contribution in [2.24, 2.45) is 52.3 Å². The van der Waals surface area contributed by atoms with Crippen LogP contribution in [0.15, 0.2) is 11.6 Å². The Kier molecular flexibility index (Phi) is 7.04. The second kappa shape index (κ2) is 9.15. The van der Waals surface area contributed by atoms with Crippen LogP contribution in [0.3, 0.4) is 0 Å². The van der Waals surface area contributed by atoms with Crippen LogP contribution in [0.1, 0.15) is 119 Å². The molecular weight excluding hydrogens is 376 g/mol. The van der Waals surface area contributed by atoms with Gasteiger partial charge < -0.3 is 5.11 Å². The summed E-state index contributed by atoms with van der Waals surface area (Å²) < 4.78 is 0. The fourth-order valence-electron chi connectivity index (χ4n) is 9.69. The fraction of sp³-hybridized carbons (Fsp3) is 0.933. The lowest BCUT2D eigenvalue weighted by Gasteiger charge is -2.61. The van der Waals surface area contributed by atoms with Gasteiger partial charge >= 0.3 is 0 Å². The van der Waals surface area contributed by atoms with Gasteiger partial charge in [-0.1, -0.05) is 53.2 Å². The first-order valence-corrected chi connectivity index (χ1v) is 14.1. The average Bonchev–Trinajstić information content (AvgIpc) is 3.08. The number of hydrogen-bond acceptors (Lipinski definition) is 1. The topological polar surface area (TPSA) is 20.2 Å². The first-order chi connectivity index (χ1) is 14.7. The first kappa shape index (κ1) is 23.8. The zero-order valence-corrected chi connectivity index (χ0v) is 21.6. The lowest BCUT2D eigenvalue weighted by atomic mass is 9.44. The number of hydrogen-bond donors (Lipinski definition) is 1. The van der Waals surface area contributed by atoms with E-state index in [4.69, 9.17) is 0 Å². The predicted molar refractivity (Wildman–Crippen MR) is 133 cm³/mol. The van der Waals surface area contributed by atoms with Gasteiger partial charge in [-0.25, -0.2) is 0 Å². The Bertz CT molecular complexity index is 649. The molecule has 4 aliphatic rings. The molecule has 4 saturated carbocycles. The van der Waals surface area contributed by atoms with E-state index in [-0.39, 0.29) is 6.10 Å². The molecule has 0 heterocycles. The normalized spacial score (nSPS) is 46.4.